The molecule has 0 bridgehead atoms. The highest BCUT2D eigenvalue weighted by Gasteiger charge is 2.26. The Morgan fingerprint density at radius 1 is 1.13 bits per heavy atom. The number of nitrogens with one attached hydrogen (secondary N) is 1. The van der Waals surface area contributed by atoms with Crippen molar-refractivity contribution in [2.75, 3.05) is 37.0 Å². The predicted octanol–water partition coefficient (Wildman–Crippen LogP) is 4.42. The van der Waals surface area contributed by atoms with Crippen molar-refractivity contribution in [3.63, 3.8) is 0 Å². The SMILES string of the molecule is CN(c1c(C#N)c(=O)n(C)c2ccc(C#N)nc12)C1CCCCC1.Cc1nc(F)ccc1NCC1CCOC1. The molecule has 3 aromatic heterocycles. The van der Waals surface area contributed by atoms with Gasteiger partial charge in [0.05, 0.1) is 29.2 Å². The van der Waals surface area contributed by atoms with Crippen molar-refractivity contribution >= 4 is 22.4 Å². The number of hydrogen-bond acceptors (Lipinski definition) is 8. The molecule has 3 aromatic rings. The minimum atomic E-state index is -0.428. The van der Waals surface area contributed by atoms with Gasteiger partial charge in [-0.25, -0.2) is 9.97 Å². The van der Waals surface area contributed by atoms with Crippen molar-refractivity contribution in [3.05, 3.63) is 57.5 Å². The lowest BCUT2D eigenvalue weighted by atomic mass is 9.93. The van der Waals surface area contributed by atoms with Gasteiger partial charge in [-0.2, -0.15) is 14.9 Å². The van der Waals surface area contributed by atoms with Crippen LogP contribution in [0.3, 0.4) is 0 Å². The summed E-state index contributed by atoms with van der Waals surface area (Å²) < 4.78 is 19.4. The summed E-state index contributed by atoms with van der Waals surface area (Å²) in [5.41, 5.74) is 3.39. The van der Waals surface area contributed by atoms with E-state index in [1.165, 1.54) is 17.1 Å². The second kappa shape index (κ2) is 12.7. The van der Waals surface area contributed by atoms with Crippen molar-refractivity contribution in [2.45, 2.75) is 51.5 Å². The maximum absolute atomic E-state index is 12.7. The van der Waals surface area contributed by atoms with Crippen LogP contribution in [0, 0.1) is 41.5 Å². The number of pyridine rings is 3. The zero-order valence-corrected chi connectivity index (χ0v) is 22.7. The van der Waals surface area contributed by atoms with E-state index in [9.17, 15) is 14.4 Å². The lowest BCUT2D eigenvalue weighted by Crippen LogP contribution is -2.36. The molecule has 10 heteroatoms. The minimum absolute atomic E-state index is 0.0978. The van der Waals surface area contributed by atoms with Crippen LogP contribution < -0.4 is 15.8 Å². The molecule has 0 spiro atoms. The van der Waals surface area contributed by atoms with E-state index in [1.54, 1.807) is 32.2 Å². The van der Waals surface area contributed by atoms with Gasteiger partial charge in [-0.05, 0) is 50.5 Å². The molecule has 0 amide bonds. The molecule has 9 nitrogen and oxygen atoms in total. The van der Waals surface area contributed by atoms with E-state index >= 15 is 0 Å². The van der Waals surface area contributed by atoms with Gasteiger partial charge in [0, 0.05) is 39.2 Å². The summed E-state index contributed by atoms with van der Waals surface area (Å²) in [4.78, 5) is 22.8. The summed E-state index contributed by atoms with van der Waals surface area (Å²) >= 11 is 0. The second-order valence-electron chi connectivity index (χ2n) is 10.2. The van der Waals surface area contributed by atoms with Gasteiger partial charge in [-0.1, -0.05) is 19.3 Å². The van der Waals surface area contributed by atoms with Crippen LogP contribution >= 0.6 is 0 Å². The molecule has 1 aliphatic carbocycles. The molecule has 1 N–H and O–H groups in total. The van der Waals surface area contributed by atoms with Crippen molar-refractivity contribution in [1.29, 1.82) is 10.5 Å². The first-order chi connectivity index (χ1) is 18.8. The quantitative estimate of drug-likeness (QED) is 0.481. The predicted molar refractivity (Wildman–Crippen MR) is 148 cm³/mol. The van der Waals surface area contributed by atoms with E-state index in [2.05, 4.69) is 21.4 Å². The number of rotatable bonds is 5. The fraction of sp³-hybridized carbons (Fsp3) is 0.483. The molecular formula is C29H34FN7O2. The Morgan fingerprint density at radius 2 is 1.90 bits per heavy atom. The smallest absolute Gasteiger partial charge is 0.270 e. The van der Waals surface area contributed by atoms with Gasteiger partial charge in [0.25, 0.3) is 5.56 Å². The number of nitriles is 2. The molecule has 0 radical (unpaired) electrons. The van der Waals surface area contributed by atoms with Gasteiger partial charge in [0.2, 0.25) is 5.95 Å². The van der Waals surface area contributed by atoms with Crippen LogP contribution in [0.5, 0.6) is 0 Å². The normalized spacial score (nSPS) is 17.1. The third kappa shape index (κ3) is 6.35. The lowest BCUT2D eigenvalue weighted by molar-refractivity contribution is 0.187. The molecule has 2 aliphatic rings. The summed E-state index contributed by atoms with van der Waals surface area (Å²) in [6, 6.07) is 10.8. The lowest BCUT2D eigenvalue weighted by Gasteiger charge is -2.33. The molecule has 39 heavy (non-hydrogen) atoms. The Bertz CT molecular complexity index is 1460. The Labute approximate surface area is 227 Å². The van der Waals surface area contributed by atoms with Crippen LogP contribution in [0.25, 0.3) is 11.0 Å². The van der Waals surface area contributed by atoms with Crippen LogP contribution in [0.2, 0.25) is 0 Å². The highest BCUT2D eigenvalue weighted by Crippen LogP contribution is 2.32. The highest BCUT2D eigenvalue weighted by molar-refractivity contribution is 5.92. The maximum Gasteiger partial charge on any atom is 0.270 e. The molecule has 2 fully saturated rings. The first kappa shape index (κ1) is 28.0. The van der Waals surface area contributed by atoms with E-state index in [1.807, 2.05) is 18.0 Å². The number of nitrogens with zero attached hydrogens (tertiary/aromatic N) is 6. The highest BCUT2D eigenvalue weighted by atomic mass is 19.1. The monoisotopic (exact) mass is 531 g/mol. The third-order valence-corrected chi connectivity index (χ3v) is 7.57. The first-order valence-corrected chi connectivity index (χ1v) is 13.4. The zero-order chi connectivity index (χ0) is 27.9. The van der Waals surface area contributed by atoms with E-state index in [4.69, 9.17) is 10.00 Å². The van der Waals surface area contributed by atoms with Gasteiger partial charge < -0.3 is 19.5 Å². The minimum Gasteiger partial charge on any atom is -0.383 e. The van der Waals surface area contributed by atoms with E-state index in [-0.39, 0.29) is 22.9 Å². The molecule has 1 unspecified atom stereocenters. The first-order valence-electron chi connectivity index (χ1n) is 13.4. The van der Waals surface area contributed by atoms with Gasteiger partial charge in [0.15, 0.2) is 0 Å². The molecule has 1 aliphatic heterocycles. The average molecular weight is 532 g/mol. The number of aromatic nitrogens is 3. The number of anilines is 2. The van der Waals surface area contributed by atoms with E-state index in [0.717, 1.165) is 57.6 Å². The van der Waals surface area contributed by atoms with E-state index in [0.29, 0.717) is 28.3 Å². The fourth-order valence-electron chi connectivity index (χ4n) is 5.27. The Balaban J connectivity index is 0.000000202. The number of hydrogen-bond donors (Lipinski definition) is 1. The summed E-state index contributed by atoms with van der Waals surface area (Å²) in [6.07, 6.45) is 6.70. The summed E-state index contributed by atoms with van der Waals surface area (Å²) in [6.45, 7) is 4.35. The molecule has 1 atom stereocenters. The fourth-order valence-corrected chi connectivity index (χ4v) is 5.27. The molecule has 204 valence electrons. The number of ether oxygens (including phenoxy) is 1. The van der Waals surface area contributed by atoms with Crippen LogP contribution in [-0.2, 0) is 11.8 Å². The summed E-state index contributed by atoms with van der Waals surface area (Å²) in [5.74, 6) is 0.136. The molecule has 1 saturated heterocycles. The molecule has 0 aromatic carbocycles. The zero-order valence-electron chi connectivity index (χ0n) is 22.7. The number of fused-ring (bicyclic) bond motifs is 1. The van der Waals surface area contributed by atoms with Crippen LogP contribution in [0.1, 0.15) is 55.5 Å². The average Bonchev–Trinajstić information content (AvgIpc) is 3.48. The topological polar surface area (TPSA) is 120 Å². The number of halogens is 1. The molecular weight excluding hydrogens is 497 g/mol. The van der Waals surface area contributed by atoms with Crippen LogP contribution in [0.15, 0.2) is 29.1 Å². The maximum atomic E-state index is 12.7. The van der Waals surface area contributed by atoms with Crippen molar-refractivity contribution < 1.29 is 9.13 Å². The Kier molecular flexibility index (Phi) is 9.11. The van der Waals surface area contributed by atoms with Crippen molar-refractivity contribution in [2.24, 2.45) is 13.0 Å². The van der Waals surface area contributed by atoms with Gasteiger partial charge in [-0.15, -0.1) is 0 Å². The summed E-state index contributed by atoms with van der Waals surface area (Å²) in [7, 11) is 3.55. The van der Waals surface area contributed by atoms with Crippen LogP contribution in [-0.4, -0.2) is 47.4 Å². The van der Waals surface area contributed by atoms with Gasteiger partial charge >= 0.3 is 0 Å². The van der Waals surface area contributed by atoms with Crippen molar-refractivity contribution in [1.82, 2.24) is 14.5 Å². The molecule has 5 rings (SSSR count). The van der Waals surface area contributed by atoms with E-state index < -0.39 is 5.95 Å². The second-order valence-corrected chi connectivity index (χ2v) is 10.2. The molecule has 4 heterocycles. The summed E-state index contributed by atoms with van der Waals surface area (Å²) in [5, 5.41) is 22.0. The Morgan fingerprint density at radius 3 is 2.54 bits per heavy atom. The van der Waals surface area contributed by atoms with Crippen molar-refractivity contribution in [3.8, 4) is 12.1 Å². The Hall–Kier alpha value is -4.02. The third-order valence-electron chi connectivity index (χ3n) is 7.57. The van der Waals surface area contributed by atoms with Crippen LogP contribution in [0.4, 0.5) is 15.8 Å². The van der Waals surface area contributed by atoms with Gasteiger partial charge in [-0.3, -0.25) is 4.79 Å². The largest absolute Gasteiger partial charge is 0.383 e. The van der Waals surface area contributed by atoms with Gasteiger partial charge in [0.1, 0.15) is 28.9 Å². The number of aryl methyl sites for hydroxylation is 2. The molecule has 1 saturated carbocycles. The standard InChI is InChI=1S/C18H19N5O.C11H15FN2O/c1-22(13-6-4-3-5-7-13)17-14(11-20)18(24)23(2)15-9-8-12(10-19)21-16(15)17;1-8-10(2-3-11(12)14-8)13-6-9-4-5-15-7-9/h8-9,13H,3-7H2,1-2H3;2-3,9,13H,4-7H2,1H3.